The molecule has 0 fully saturated rings. The number of carbonyl (C=O) groups is 4. The van der Waals surface area contributed by atoms with Gasteiger partial charge in [-0.15, -0.1) is 0 Å². The number of aryl methyl sites for hydroxylation is 1. The molecule has 252 valence electrons. The molecule has 3 aromatic heterocycles. The van der Waals surface area contributed by atoms with Crippen LogP contribution in [-0.4, -0.2) is 73.6 Å². The summed E-state index contributed by atoms with van der Waals surface area (Å²) < 4.78 is 11.0. The summed E-state index contributed by atoms with van der Waals surface area (Å²) in [4.78, 5) is 65.2. The highest BCUT2D eigenvalue weighted by Gasteiger charge is 2.30. The molecule has 4 atom stereocenters. The van der Waals surface area contributed by atoms with Gasteiger partial charge in [-0.1, -0.05) is 35.5 Å². The van der Waals surface area contributed by atoms with Crippen LogP contribution < -0.4 is 21.3 Å². The fourth-order valence-corrected chi connectivity index (χ4v) is 5.20. The van der Waals surface area contributed by atoms with Gasteiger partial charge in [-0.25, -0.2) is 4.98 Å². The van der Waals surface area contributed by atoms with E-state index in [2.05, 4.69) is 41.4 Å². The van der Waals surface area contributed by atoms with Crippen molar-refractivity contribution < 1.29 is 33.2 Å². The first-order valence-corrected chi connectivity index (χ1v) is 15.9. The van der Waals surface area contributed by atoms with E-state index in [0.29, 0.717) is 43.8 Å². The van der Waals surface area contributed by atoms with E-state index in [-0.39, 0.29) is 36.9 Å². The van der Waals surface area contributed by atoms with Gasteiger partial charge in [0.1, 0.15) is 24.4 Å². The van der Waals surface area contributed by atoms with Crippen molar-refractivity contribution in [2.45, 2.75) is 76.1 Å². The Labute approximate surface area is 276 Å². The second kappa shape index (κ2) is 16.4. The van der Waals surface area contributed by atoms with Crippen LogP contribution in [0.4, 0.5) is 0 Å². The molecule has 4 amide bonds. The zero-order chi connectivity index (χ0) is 33.9. The molecule has 1 aliphatic rings. The molecule has 15 nitrogen and oxygen atoms in total. The highest BCUT2D eigenvalue weighted by Crippen LogP contribution is 2.20. The van der Waals surface area contributed by atoms with Crippen LogP contribution in [0, 0.1) is 0 Å². The molecule has 4 heterocycles. The average Bonchev–Trinajstić information content (AvgIpc) is 3.77. The van der Waals surface area contributed by atoms with Crippen molar-refractivity contribution >= 4 is 23.6 Å². The summed E-state index contributed by atoms with van der Waals surface area (Å²) >= 11 is 0. The number of benzene rings is 1. The Bertz CT molecular complexity index is 1680. The minimum Gasteiger partial charge on any atom is -0.446 e. The molecule has 1 aromatic carbocycles. The predicted molar refractivity (Wildman–Crippen MR) is 170 cm³/mol. The Morgan fingerprint density at radius 3 is 2.60 bits per heavy atom. The number of rotatable bonds is 9. The fourth-order valence-electron chi connectivity index (χ4n) is 5.20. The van der Waals surface area contributed by atoms with Crippen molar-refractivity contribution in [1.29, 1.82) is 0 Å². The number of fused-ring (bicyclic) bond motifs is 2. The molecule has 0 spiro atoms. The second-order valence-electron chi connectivity index (χ2n) is 11.5. The minimum atomic E-state index is -1.22. The van der Waals surface area contributed by atoms with E-state index in [4.69, 9.17) is 8.94 Å². The smallest absolute Gasteiger partial charge is 0.273 e. The summed E-state index contributed by atoms with van der Waals surface area (Å²) in [5.41, 5.74) is 1.52. The molecule has 0 saturated carbocycles. The standard InChI is InChI=1S/C33H38N8O7/c1-20(42)28-32(46)35-15-6-5-10-23(36-26(43)11-7-12-27-39-29(41-48-27)22-13-16-34-17-14-22)30(44)37-24(18-21-8-3-2-4-9-21)33-38-25(19-47-33)31(45)40-28/h2-4,8-9,13-14,16-17,19-20,23-24,28,42H,5-7,10-12,15,18H2,1H3,(H,35,46)(H,36,43)(H,37,44)(H,40,45)/t20-,23+,24+,28+/m1/s1. The lowest BCUT2D eigenvalue weighted by Crippen LogP contribution is -2.52. The van der Waals surface area contributed by atoms with E-state index in [0.717, 1.165) is 17.4 Å². The molecule has 5 rings (SSSR count). The molecule has 5 N–H and O–H groups in total. The molecular weight excluding hydrogens is 620 g/mol. The van der Waals surface area contributed by atoms with E-state index in [1.54, 1.807) is 24.5 Å². The number of aliphatic hydroxyl groups is 1. The molecule has 1 aliphatic heterocycles. The van der Waals surface area contributed by atoms with Crippen molar-refractivity contribution in [2.75, 3.05) is 6.54 Å². The number of aliphatic hydroxyl groups excluding tert-OH is 1. The van der Waals surface area contributed by atoms with Crippen molar-refractivity contribution in [3.8, 4) is 11.4 Å². The number of hydrogen-bond acceptors (Lipinski definition) is 11. The molecule has 0 aliphatic carbocycles. The lowest BCUT2D eigenvalue weighted by Gasteiger charge is -2.23. The Morgan fingerprint density at radius 2 is 1.83 bits per heavy atom. The highest BCUT2D eigenvalue weighted by atomic mass is 16.5. The van der Waals surface area contributed by atoms with E-state index in [1.807, 2.05) is 30.3 Å². The first-order chi connectivity index (χ1) is 23.3. The van der Waals surface area contributed by atoms with Crippen LogP contribution in [0.15, 0.2) is 70.1 Å². The van der Waals surface area contributed by atoms with Crippen molar-refractivity contribution in [2.24, 2.45) is 0 Å². The third-order valence-electron chi connectivity index (χ3n) is 7.77. The van der Waals surface area contributed by atoms with Crippen LogP contribution in [-0.2, 0) is 27.2 Å². The highest BCUT2D eigenvalue weighted by molar-refractivity contribution is 5.96. The zero-order valence-electron chi connectivity index (χ0n) is 26.4. The Morgan fingerprint density at radius 1 is 1.04 bits per heavy atom. The summed E-state index contributed by atoms with van der Waals surface area (Å²) in [7, 11) is 0. The van der Waals surface area contributed by atoms with Crippen LogP contribution in [0.25, 0.3) is 11.4 Å². The summed E-state index contributed by atoms with van der Waals surface area (Å²) in [6.45, 7) is 1.63. The van der Waals surface area contributed by atoms with Crippen LogP contribution in [0.3, 0.4) is 0 Å². The van der Waals surface area contributed by atoms with Crippen molar-refractivity contribution in [3.05, 3.63) is 84.2 Å². The van der Waals surface area contributed by atoms with Crippen molar-refractivity contribution in [3.63, 3.8) is 0 Å². The molecular formula is C33H38N8O7. The van der Waals surface area contributed by atoms with E-state index >= 15 is 0 Å². The number of hydrogen-bond donors (Lipinski definition) is 5. The van der Waals surface area contributed by atoms with Crippen molar-refractivity contribution in [1.82, 2.24) is 41.4 Å². The van der Waals surface area contributed by atoms with Gasteiger partial charge in [0.2, 0.25) is 35.3 Å². The first kappa shape index (κ1) is 33.9. The lowest BCUT2D eigenvalue weighted by molar-refractivity contribution is -0.129. The van der Waals surface area contributed by atoms with E-state index in [9.17, 15) is 24.3 Å². The number of nitrogens with one attached hydrogen (secondary N) is 4. The maximum absolute atomic E-state index is 13.7. The molecule has 15 heteroatoms. The fraction of sp³-hybridized carbons (Fsp3) is 0.394. The monoisotopic (exact) mass is 658 g/mol. The van der Waals surface area contributed by atoms with Gasteiger partial charge in [0.25, 0.3) is 5.91 Å². The zero-order valence-corrected chi connectivity index (χ0v) is 26.4. The van der Waals surface area contributed by atoms with Gasteiger partial charge in [-0.3, -0.25) is 24.2 Å². The average molecular weight is 659 g/mol. The van der Waals surface area contributed by atoms with Gasteiger partial charge in [-0.05, 0) is 50.3 Å². The quantitative estimate of drug-likeness (QED) is 0.175. The number of pyridine rings is 1. The summed E-state index contributed by atoms with van der Waals surface area (Å²) in [5, 5.41) is 25.2. The Kier molecular flexibility index (Phi) is 11.6. The van der Waals surface area contributed by atoms with Crippen LogP contribution in [0.1, 0.15) is 72.9 Å². The van der Waals surface area contributed by atoms with Crippen LogP contribution in [0.5, 0.6) is 0 Å². The SMILES string of the molecule is C[C@@H](O)[C@@H]1NC(=O)c2coc(n2)[C@H](Cc2ccccc2)NC(=O)[C@@H](NC(=O)CCCc2nc(-c3ccncc3)no2)CCCCNC1=O. The van der Waals surface area contributed by atoms with Gasteiger partial charge in [0.15, 0.2) is 5.69 Å². The van der Waals surface area contributed by atoms with Crippen LogP contribution in [0.2, 0.25) is 0 Å². The van der Waals surface area contributed by atoms with Crippen LogP contribution >= 0.6 is 0 Å². The third-order valence-corrected chi connectivity index (χ3v) is 7.77. The van der Waals surface area contributed by atoms with Gasteiger partial charge in [-0.2, -0.15) is 4.98 Å². The maximum atomic E-state index is 13.7. The second-order valence-corrected chi connectivity index (χ2v) is 11.5. The first-order valence-electron chi connectivity index (χ1n) is 15.9. The summed E-state index contributed by atoms with van der Waals surface area (Å²) in [5.74, 6) is -1.17. The maximum Gasteiger partial charge on any atom is 0.273 e. The third kappa shape index (κ3) is 9.31. The Hall–Kier alpha value is -5.44. The Balaban J connectivity index is 1.29. The van der Waals surface area contributed by atoms with E-state index in [1.165, 1.54) is 6.92 Å². The van der Waals surface area contributed by atoms with Gasteiger partial charge >= 0.3 is 0 Å². The summed E-state index contributed by atoms with van der Waals surface area (Å²) in [6.07, 6.45) is 5.66. The molecule has 4 aromatic rings. The topological polar surface area (TPSA) is 214 Å². The largest absolute Gasteiger partial charge is 0.446 e. The normalized spacial score (nSPS) is 19.9. The number of oxazole rings is 1. The number of nitrogens with zero attached hydrogens (tertiary/aromatic N) is 4. The van der Waals surface area contributed by atoms with E-state index < -0.39 is 42.0 Å². The van der Waals surface area contributed by atoms with Gasteiger partial charge in [0, 0.05) is 43.8 Å². The molecule has 2 bridgehead atoms. The molecule has 0 unspecified atom stereocenters. The minimum absolute atomic E-state index is 0.0678. The molecule has 0 saturated heterocycles. The number of amides is 4. The van der Waals surface area contributed by atoms with Gasteiger partial charge in [0.05, 0.1) is 6.10 Å². The summed E-state index contributed by atoms with van der Waals surface area (Å²) in [6, 6.07) is 10.0. The number of aromatic nitrogens is 4. The molecule has 0 radical (unpaired) electrons. The predicted octanol–water partition coefficient (Wildman–Crippen LogP) is 1.81. The van der Waals surface area contributed by atoms with Gasteiger partial charge < -0.3 is 35.3 Å². The molecule has 48 heavy (non-hydrogen) atoms. The lowest BCUT2D eigenvalue weighted by atomic mass is 10.0. The number of carbonyl (C=O) groups excluding carboxylic acids is 4.